The third kappa shape index (κ3) is 4.00. The van der Waals surface area contributed by atoms with E-state index in [-0.39, 0.29) is 23.6 Å². The Hall–Kier alpha value is -3.56. The molecule has 1 atom stereocenters. The molecule has 1 N–H and O–H groups in total. The van der Waals surface area contributed by atoms with E-state index in [1.807, 2.05) is 0 Å². The van der Waals surface area contributed by atoms with Crippen LogP contribution in [0, 0.1) is 23.3 Å². The van der Waals surface area contributed by atoms with E-state index < -0.39 is 46.9 Å². The Morgan fingerprint density at radius 1 is 1.07 bits per heavy atom. The van der Waals surface area contributed by atoms with E-state index in [2.05, 4.69) is 9.97 Å². The molecule has 6 nitrogen and oxygen atoms in total. The highest BCUT2D eigenvalue weighted by molar-refractivity contribution is 6.03. The smallest absolute Gasteiger partial charge is 0.341 e. The molecule has 0 saturated carbocycles. The highest BCUT2D eigenvalue weighted by Gasteiger charge is 2.27. The predicted octanol–water partition coefficient (Wildman–Crippen LogP) is 3.76. The molecule has 1 amide bonds. The predicted molar refractivity (Wildman–Crippen MR) is 93.9 cm³/mol. The van der Waals surface area contributed by atoms with Crippen LogP contribution in [0.5, 0.6) is 0 Å². The van der Waals surface area contributed by atoms with Gasteiger partial charge in [-0.05, 0) is 18.6 Å². The van der Waals surface area contributed by atoms with Crippen LogP contribution >= 0.6 is 0 Å². The third-order valence-corrected chi connectivity index (χ3v) is 3.99. The zero-order valence-corrected chi connectivity index (χ0v) is 14.9. The van der Waals surface area contributed by atoms with Crippen LogP contribution in [0.15, 0.2) is 36.7 Å². The van der Waals surface area contributed by atoms with E-state index in [1.165, 1.54) is 31.5 Å². The summed E-state index contributed by atoms with van der Waals surface area (Å²) in [4.78, 5) is 32.9. The lowest BCUT2D eigenvalue weighted by atomic mass is 10.1. The fourth-order valence-electron chi connectivity index (χ4n) is 2.56. The lowest BCUT2D eigenvalue weighted by molar-refractivity contribution is -0.124. The normalized spacial score (nSPS) is 11.9. The number of halogens is 4. The number of hydrogen-bond acceptors (Lipinski definition) is 5. The first-order chi connectivity index (χ1) is 13.8. The monoisotopic (exact) mass is 407 g/mol. The minimum absolute atomic E-state index is 0.0131. The standard InChI is InChI=1S/C19H13F4N3O3/c1-2-13(18(27)26-17-14(22)10(20)8-11(21)15(17)23)29-19(28)9-4-3-5-12-16(9)25-7-6-24-12/h3-8,13H,2H2,1H3,(H,26,27). The lowest BCUT2D eigenvalue weighted by Crippen LogP contribution is -2.33. The number of ether oxygens (including phenoxy) is 1. The number of anilines is 1. The number of carbonyl (C=O) groups excluding carboxylic acids is 2. The minimum atomic E-state index is -1.78. The summed E-state index contributed by atoms with van der Waals surface area (Å²) < 4.78 is 59.2. The summed E-state index contributed by atoms with van der Waals surface area (Å²) in [5.74, 6) is -9.00. The summed E-state index contributed by atoms with van der Waals surface area (Å²) in [5.41, 5.74) is -0.632. The first kappa shape index (κ1) is 20.2. The van der Waals surface area contributed by atoms with Gasteiger partial charge in [0.05, 0.1) is 11.1 Å². The number of amides is 1. The molecule has 3 aromatic rings. The van der Waals surface area contributed by atoms with Gasteiger partial charge in [-0.2, -0.15) is 0 Å². The molecule has 2 aromatic carbocycles. The van der Waals surface area contributed by atoms with Crippen molar-refractivity contribution in [2.75, 3.05) is 5.32 Å². The molecule has 0 radical (unpaired) electrons. The molecule has 0 saturated heterocycles. The maximum absolute atomic E-state index is 13.8. The van der Waals surface area contributed by atoms with Crippen LogP contribution in [-0.2, 0) is 9.53 Å². The number of esters is 1. The number of nitrogens with zero attached hydrogens (tertiary/aromatic N) is 2. The molecule has 3 rings (SSSR count). The van der Waals surface area contributed by atoms with Gasteiger partial charge in [0, 0.05) is 18.5 Å². The van der Waals surface area contributed by atoms with E-state index in [0.29, 0.717) is 5.52 Å². The fourth-order valence-corrected chi connectivity index (χ4v) is 2.56. The second-order valence-electron chi connectivity index (χ2n) is 5.86. The molecule has 0 bridgehead atoms. The number of para-hydroxylation sites is 1. The first-order valence-corrected chi connectivity index (χ1v) is 8.38. The Morgan fingerprint density at radius 3 is 2.38 bits per heavy atom. The van der Waals surface area contributed by atoms with Crippen LogP contribution in [-0.4, -0.2) is 27.9 Å². The number of rotatable bonds is 5. The largest absolute Gasteiger partial charge is 0.449 e. The fraction of sp³-hybridized carbons (Fsp3) is 0.158. The Kier molecular flexibility index (Phi) is 5.71. The molecule has 1 unspecified atom stereocenters. The molecular formula is C19H13F4N3O3. The molecule has 29 heavy (non-hydrogen) atoms. The van der Waals surface area contributed by atoms with Crippen molar-refractivity contribution in [1.29, 1.82) is 0 Å². The Bertz CT molecular complexity index is 1080. The molecule has 1 heterocycles. The van der Waals surface area contributed by atoms with Gasteiger partial charge >= 0.3 is 5.97 Å². The SMILES string of the molecule is CCC(OC(=O)c1cccc2nccnc12)C(=O)Nc1c(F)c(F)cc(F)c1F. The molecule has 0 aliphatic heterocycles. The van der Waals surface area contributed by atoms with Crippen molar-refractivity contribution in [3.05, 3.63) is 65.5 Å². The summed E-state index contributed by atoms with van der Waals surface area (Å²) in [6.07, 6.45) is 1.24. The molecule has 1 aromatic heterocycles. The average molecular weight is 407 g/mol. The topological polar surface area (TPSA) is 81.2 Å². The van der Waals surface area contributed by atoms with Crippen molar-refractivity contribution in [3.8, 4) is 0 Å². The van der Waals surface area contributed by atoms with Crippen LogP contribution in [0.2, 0.25) is 0 Å². The second-order valence-corrected chi connectivity index (χ2v) is 5.86. The number of aromatic nitrogens is 2. The van der Waals surface area contributed by atoms with Gasteiger partial charge in [-0.15, -0.1) is 0 Å². The van der Waals surface area contributed by atoms with Crippen LogP contribution in [0.25, 0.3) is 11.0 Å². The van der Waals surface area contributed by atoms with Gasteiger partial charge in [0.15, 0.2) is 29.4 Å². The van der Waals surface area contributed by atoms with Crippen molar-refractivity contribution in [1.82, 2.24) is 9.97 Å². The Morgan fingerprint density at radius 2 is 1.72 bits per heavy atom. The van der Waals surface area contributed by atoms with Crippen LogP contribution in [0.1, 0.15) is 23.7 Å². The van der Waals surface area contributed by atoms with E-state index in [4.69, 9.17) is 4.74 Å². The van der Waals surface area contributed by atoms with Crippen molar-refractivity contribution in [3.63, 3.8) is 0 Å². The van der Waals surface area contributed by atoms with Gasteiger partial charge in [-0.3, -0.25) is 14.8 Å². The van der Waals surface area contributed by atoms with E-state index >= 15 is 0 Å². The highest BCUT2D eigenvalue weighted by atomic mass is 19.2. The molecule has 0 fully saturated rings. The minimum Gasteiger partial charge on any atom is -0.449 e. The zero-order chi connectivity index (χ0) is 21.1. The quantitative estimate of drug-likeness (QED) is 0.396. The molecular weight excluding hydrogens is 394 g/mol. The molecule has 10 heteroatoms. The van der Waals surface area contributed by atoms with Gasteiger partial charge in [-0.25, -0.2) is 22.4 Å². The van der Waals surface area contributed by atoms with Crippen molar-refractivity contribution >= 4 is 28.6 Å². The number of nitrogens with one attached hydrogen (secondary N) is 1. The van der Waals surface area contributed by atoms with E-state index in [1.54, 1.807) is 11.4 Å². The summed E-state index contributed by atoms with van der Waals surface area (Å²) >= 11 is 0. The number of benzene rings is 2. The maximum Gasteiger partial charge on any atom is 0.341 e. The average Bonchev–Trinajstić information content (AvgIpc) is 2.72. The van der Waals surface area contributed by atoms with Gasteiger partial charge in [0.25, 0.3) is 5.91 Å². The summed E-state index contributed by atoms with van der Waals surface area (Å²) in [7, 11) is 0. The summed E-state index contributed by atoms with van der Waals surface area (Å²) in [6, 6.07) is 4.58. The molecule has 0 spiro atoms. The van der Waals surface area contributed by atoms with Crippen LogP contribution < -0.4 is 5.32 Å². The summed E-state index contributed by atoms with van der Waals surface area (Å²) in [5, 5.41) is 1.73. The second kappa shape index (κ2) is 8.21. The zero-order valence-electron chi connectivity index (χ0n) is 14.9. The number of carbonyl (C=O) groups is 2. The van der Waals surface area contributed by atoms with Crippen LogP contribution in [0.4, 0.5) is 23.2 Å². The first-order valence-electron chi connectivity index (χ1n) is 8.38. The van der Waals surface area contributed by atoms with Gasteiger partial charge in [0.1, 0.15) is 11.2 Å². The molecule has 150 valence electrons. The third-order valence-electron chi connectivity index (χ3n) is 3.99. The van der Waals surface area contributed by atoms with E-state index in [0.717, 1.165) is 0 Å². The number of hydrogen-bond donors (Lipinski definition) is 1. The highest BCUT2D eigenvalue weighted by Crippen LogP contribution is 2.25. The Balaban J connectivity index is 1.83. The molecule has 0 aliphatic carbocycles. The number of fused-ring (bicyclic) bond motifs is 1. The van der Waals surface area contributed by atoms with Crippen molar-refractivity contribution in [2.24, 2.45) is 0 Å². The summed E-state index contributed by atoms with van der Waals surface area (Å²) in [6.45, 7) is 1.47. The van der Waals surface area contributed by atoms with E-state index in [9.17, 15) is 27.2 Å². The van der Waals surface area contributed by atoms with Gasteiger partial charge < -0.3 is 10.1 Å². The van der Waals surface area contributed by atoms with Crippen molar-refractivity contribution < 1.29 is 31.9 Å². The van der Waals surface area contributed by atoms with Gasteiger partial charge in [0.2, 0.25) is 0 Å². The Labute approximate surface area is 161 Å². The van der Waals surface area contributed by atoms with Crippen LogP contribution in [0.3, 0.4) is 0 Å². The maximum atomic E-state index is 13.8. The molecule has 0 aliphatic rings. The van der Waals surface area contributed by atoms with Gasteiger partial charge in [-0.1, -0.05) is 13.0 Å². The van der Waals surface area contributed by atoms with Crippen molar-refractivity contribution in [2.45, 2.75) is 19.4 Å². The lowest BCUT2D eigenvalue weighted by Gasteiger charge is -2.17.